The standard InChI is InChI=1S/C13H18N4O2S2/c1-9-4-11(16-14)5-10(2)13(9)21(18,19)17(3)6-12-7-20-8-15-12/h4-5,7-8,16H,6,14H2,1-3H3. The minimum absolute atomic E-state index is 0.252. The first-order chi connectivity index (χ1) is 9.86. The van der Waals surface area contributed by atoms with Crippen molar-refractivity contribution < 1.29 is 8.42 Å². The van der Waals surface area contributed by atoms with E-state index in [0.717, 1.165) is 5.69 Å². The van der Waals surface area contributed by atoms with Crippen molar-refractivity contribution in [2.45, 2.75) is 25.3 Å². The van der Waals surface area contributed by atoms with Gasteiger partial charge in [0, 0.05) is 18.1 Å². The van der Waals surface area contributed by atoms with Gasteiger partial charge >= 0.3 is 0 Å². The highest BCUT2D eigenvalue weighted by Crippen LogP contribution is 2.27. The van der Waals surface area contributed by atoms with Gasteiger partial charge in [0.2, 0.25) is 10.0 Å². The number of nitrogens with two attached hydrogens (primary N) is 1. The quantitative estimate of drug-likeness (QED) is 0.647. The van der Waals surface area contributed by atoms with Crippen LogP contribution in [0.2, 0.25) is 0 Å². The third-order valence-electron chi connectivity index (χ3n) is 3.16. The van der Waals surface area contributed by atoms with Crippen LogP contribution in [0.1, 0.15) is 16.8 Å². The van der Waals surface area contributed by atoms with E-state index in [1.807, 2.05) is 5.38 Å². The van der Waals surface area contributed by atoms with Gasteiger partial charge in [0.15, 0.2) is 0 Å². The number of nitrogens with one attached hydrogen (secondary N) is 1. The van der Waals surface area contributed by atoms with Crippen LogP contribution in [0.5, 0.6) is 0 Å². The molecule has 3 N–H and O–H groups in total. The summed E-state index contributed by atoms with van der Waals surface area (Å²) < 4.78 is 26.8. The van der Waals surface area contributed by atoms with Crippen molar-refractivity contribution in [1.82, 2.24) is 9.29 Å². The number of aryl methyl sites for hydroxylation is 2. The van der Waals surface area contributed by atoms with Crippen molar-refractivity contribution in [3.63, 3.8) is 0 Å². The Balaban J connectivity index is 2.39. The molecule has 2 aromatic rings. The van der Waals surface area contributed by atoms with Crippen LogP contribution in [0.15, 0.2) is 27.9 Å². The normalized spacial score (nSPS) is 11.9. The van der Waals surface area contributed by atoms with E-state index < -0.39 is 10.0 Å². The molecule has 0 radical (unpaired) electrons. The molecule has 8 heteroatoms. The first kappa shape index (κ1) is 15.9. The van der Waals surface area contributed by atoms with E-state index in [-0.39, 0.29) is 6.54 Å². The van der Waals surface area contributed by atoms with Gasteiger partial charge in [0.05, 0.1) is 22.6 Å². The average molecular weight is 326 g/mol. The number of sulfonamides is 1. The smallest absolute Gasteiger partial charge is 0.243 e. The minimum atomic E-state index is -3.57. The molecule has 0 bridgehead atoms. The van der Waals surface area contributed by atoms with Crippen LogP contribution in [0.4, 0.5) is 5.69 Å². The van der Waals surface area contributed by atoms with Gasteiger partial charge in [-0.3, -0.25) is 5.84 Å². The molecule has 1 aromatic carbocycles. The van der Waals surface area contributed by atoms with Crippen molar-refractivity contribution in [2.24, 2.45) is 5.84 Å². The molecule has 21 heavy (non-hydrogen) atoms. The number of nitrogen functional groups attached to an aromatic ring is 1. The summed E-state index contributed by atoms with van der Waals surface area (Å²) in [4.78, 5) is 4.44. The summed E-state index contributed by atoms with van der Waals surface area (Å²) in [5, 5.41) is 1.84. The summed E-state index contributed by atoms with van der Waals surface area (Å²) in [7, 11) is -2.01. The molecule has 0 spiro atoms. The molecule has 0 aliphatic heterocycles. The van der Waals surface area contributed by atoms with Crippen molar-refractivity contribution in [3.05, 3.63) is 39.8 Å². The van der Waals surface area contributed by atoms with E-state index in [9.17, 15) is 8.42 Å². The summed E-state index contributed by atoms with van der Waals surface area (Å²) in [5.74, 6) is 5.38. The lowest BCUT2D eigenvalue weighted by atomic mass is 10.1. The summed E-state index contributed by atoms with van der Waals surface area (Å²) >= 11 is 1.44. The molecular formula is C13H18N4O2S2. The summed E-state index contributed by atoms with van der Waals surface area (Å²) in [6.45, 7) is 3.77. The number of benzene rings is 1. The molecule has 1 heterocycles. The van der Waals surface area contributed by atoms with Crippen LogP contribution in [0.25, 0.3) is 0 Å². The second-order valence-corrected chi connectivity index (χ2v) is 7.52. The van der Waals surface area contributed by atoms with Gasteiger partial charge in [-0.1, -0.05) is 0 Å². The first-order valence-corrected chi connectivity index (χ1v) is 8.66. The number of hydrogen-bond donors (Lipinski definition) is 2. The van der Waals surface area contributed by atoms with E-state index in [0.29, 0.717) is 21.7 Å². The number of anilines is 1. The van der Waals surface area contributed by atoms with E-state index in [2.05, 4.69) is 10.4 Å². The fraction of sp³-hybridized carbons (Fsp3) is 0.308. The monoisotopic (exact) mass is 326 g/mol. The third-order valence-corrected chi connectivity index (χ3v) is 5.91. The van der Waals surface area contributed by atoms with Gasteiger partial charge in [-0.2, -0.15) is 4.31 Å². The number of nitrogens with zero attached hydrogens (tertiary/aromatic N) is 2. The Kier molecular flexibility index (Phi) is 4.62. The molecular weight excluding hydrogens is 308 g/mol. The van der Waals surface area contributed by atoms with E-state index in [4.69, 9.17) is 5.84 Å². The van der Waals surface area contributed by atoms with Crippen LogP contribution >= 0.6 is 11.3 Å². The zero-order valence-electron chi connectivity index (χ0n) is 12.1. The predicted molar refractivity (Wildman–Crippen MR) is 84.5 cm³/mol. The van der Waals surface area contributed by atoms with Gasteiger partial charge in [0.25, 0.3) is 0 Å². The number of hydrogen-bond acceptors (Lipinski definition) is 6. The van der Waals surface area contributed by atoms with Crippen LogP contribution in [-0.2, 0) is 16.6 Å². The zero-order chi connectivity index (χ0) is 15.6. The molecule has 0 fully saturated rings. The fourth-order valence-electron chi connectivity index (χ4n) is 2.23. The predicted octanol–water partition coefficient (Wildman–Crippen LogP) is 1.87. The summed E-state index contributed by atoms with van der Waals surface area (Å²) in [6.07, 6.45) is 0. The molecule has 1 aromatic heterocycles. The number of rotatable bonds is 5. The van der Waals surface area contributed by atoms with Crippen LogP contribution in [-0.4, -0.2) is 24.8 Å². The third kappa shape index (κ3) is 3.24. The highest BCUT2D eigenvalue weighted by molar-refractivity contribution is 7.89. The van der Waals surface area contributed by atoms with Crippen molar-refractivity contribution in [3.8, 4) is 0 Å². The molecule has 0 aliphatic rings. The van der Waals surface area contributed by atoms with Crippen LogP contribution < -0.4 is 11.3 Å². The zero-order valence-corrected chi connectivity index (χ0v) is 13.8. The summed E-state index contributed by atoms with van der Waals surface area (Å²) in [5.41, 5.74) is 6.97. The second kappa shape index (κ2) is 6.10. The Morgan fingerprint density at radius 2 is 1.95 bits per heavy atom. The molecule has 2 rings (SSSR count). The van der Waals surface area contributed by atoms with Gasteiger partial charge < -0.3 is 5.43 Å². The molecule has 0 aliphatic carbocycles. The molecule has 6 nitrogen and oxygen atoms in total. The van der Waals surface area contributed by atoms with E-state index in [1.54, 1.807) is 38.5 Å². The Hall–Kier alpha value is -1.48. The maximum absolute atomic E-state index is 12.7. The maximum atomic E-state index is 12.7. The maximum Gasteiger partial charge on any atom is 0.243 e. The van der Waals surface area contributed by atoms with Gasteiger partial charge in [-0.25, -0.2) is 13.4 Å². The second-order valence-electron chi connectivity index (χ2n) is 4.82. The van der Waals surface area contributed by atoms with Gasteiger partial charge in [-0.15, -0.1) is 11.3 Å². The van der Waals surface area contributed by atoms with E-state index in [1.165, 1.54) is 15.6 Å². The Bertz CT molecular complexity index is 704. The van der Waals surface area contributed by atoms with Gasteiger partial charge in [-0.05, 0) is 37.1 Å². The minimum Gasteiger partial charge on any atom is -0.324 e. The highest BCUT2D eigenvalue weighted by atomic mass is 32.2. The largest absolute Gasteiger partial charge is 0.324 e. The Morgan fingerprint density at radius 3 is 2.43 bits per heavy atom. The highest BCUT2D eigenvalue weighted by Gasteiger charge is 2.25. The summed E-state index contributed by atoms with van der Waals surface area (Å²) in [6, 6.07) is 3.44. The average Bonchev–Trinajstić information content (AvgIpc) is 2.90. The van der Waals surface area contributed by atoms with Crippen molar-refractivity contribution in [1.29, 1.82) is 0 Å². The Morgan fingerprint density at radius 1 is 1.33 bits per heavy atom. The lowest BCUT2D eigenvalue weighted by Crippen LogP contribution is -2.28. The molecule has 0 saturated carbocycles. The molecule has 0 unspecified atom stereocenters. The van der Waals surface area contributed by atoms with Crippen molar-refractivity contribution >= 4 is 27.0 Å². The SMILES string of the molecule is Cc1cc(NN)cc(C)c1S(=O)(=O)N(C)Cc1cscn1. The lowest BCUT2D eigenvalue weighted by molar-refractivity contribution is 0.462. The molecule has 0 atom stereocenters. The van der Waals surface area contributed by atoms with Crippen molar-refractivity contribution in [2.75, 3.05) is 12.5 Å². The van der Waals surface area contributed by atoms with Crippen LogP contribution in [0.3, 0.4) is 0 Å². The first-order valence-electron chi connectivity index (χ1n) is 6.27. The number of aromatic nitrogens is 1. The number of hydrazine groups is 1. The molecule has 0 saturated heterocycles. The molecule has 114 valence electrons. The molecule has 0 amide bonds. The van der Waals surface area contributed by atoms with Gasteiger partial charge in [0.1, 0.15) is 0 Å². The van der Waals surface area contributed by atoms with Crippen LogP contribution in [0, 0.1) is 13.8 Å². The fourth-order valence-corrected chi connectivity index (χ4v) is 4.32. The van der Waals surface area contributed by atoms with E-state index >= 15 is 0 Å². The topological polar surface area (TPSA) is 88.3 Å². The Labute approximate surface area is 128 Å². The number of thiazole rings is 1. The lowest BCUT2D eigenvalue weighted by Gasteiger charge is -2.20.